The Hall–Kier alpha value is -3.02. The third-order valence-corrected chi connectivity index (χ3v) is 3.73. The molecule has 1 N–H and O–H groups in total. The maximum atomic E-state index is 12.1. The predicted molar refractivity (Wildman–Crippen MR) is 90.4 cm³/mol. The summed E-state index contributed by atoms with van der Waals surface area (Å²) in [6.45, 7) is 5.02. The van der Waals surface area contributed by atoms with E-state index in [1.54, 1.807) is 12.4 Å². The van der Waals surface area contributed by atoms with Crippen molar-refractivity contribution in [3.8, 4) is 0 Å². The highest BCUT2D eigenvalue weighted by molar-refractivity contribution is 5.91. The third-order valence-electron chi connectivity index (χ3n) is 3.73. The monoisotopic (exact) mass is 321 g/mol. The molecule has 1 aromatic carbocycles. The first-order valence-corrected chi connectivity index (χ1v) is 7.74. The van der Waals surface area contributed by atoms with E-state index in [-0.39, 0.29) is 5.91 Å². The standard InChI is InChI=1S/C18H19N5O/c1-13-9-21-17(11-20-13)18(24)22-10-15-4-3-5-16(8-15)12-23-7-6-19-14(23)2/h3-9,11H,10,12H2,1-2H3,(H,22,24). The van der Waals surface area contributed by atoms with E-state index in [0.29, 0.717) is 12.2 Å². The molecule has 0 radical (unpaired) electrons. The van der Waals surface area contributed by atoms with Crippen molar-refractivity contribution in [3.05, 3.63) is 77.4 Å². The average Bonchev–Trinajstić information content (AvgIpc) is 2.98. The highest BCUT2D eigenvalue weighted by Crippen LogP contribution is 2.09. The second kappa shape index (κ2) is 7.04. The number of rotatable bonds is 5. The van der Waals surface area contributed by atoms with Gasteiger partial charge >= 0.3 is 0 Å². The largest absolute Gasteiger partial charge is 0.347 e. The van der Waals surface area contributed by atoms with E-state index in [1.807, 2.05) is 32.2 Å². The second-order valence-electron chi connectivity index (χ2n) is 5.65. The van der Waals surface area contributed by atoms with Gasteiger partial charge in [-0.05, 0) is 25.0 Å². The van der Waals surface area contributed by atoms with Gasteiger partial charge in [0.25, 0.3) is 5.91 Å². The van der Waals surface area contributed by atoms with E-state index >= 15 is 0 Å². The van der Waals surface area contributed by atoms with Crippen LogP contribution in [0.5, 0.6) is 0 Å². The molecule has 6 heteroatoms. The number of hydrogen-bond donors (Lipinski definition) is 1. The van der Waals surface area contributed by atoms with Crippen LogP contribution < -0.4 is 5.32 Å². The Bertz CT molecular complexity index is 839. The van der Waals surface area contributed by atoms with Gasteiger partial charge in [-0.2, -0.15) is 0 Å². The summed E-state index contributed by atoms with van der Waals surface area (Å²) >= 11 is 0. The van der Waals surface area contributed by atoms with Crippen LogP contribution in [0.4, 0.5) is 0 Å². The van der Waals surface area contributed by atoms with Crippen LogP contribution in [0.25, 0.3) is 0 Å². The van der Waals surface area contributed by atoms with Gasteiger partial charge in [0.15, 0.2) is 0 Å². The molecule has 3 rings (SSSR count). The Kier molecular flexibility index (Phi) is 4.65. The summed E-state index contributed by atoms with van der Waals surface area (Å²) in [6.07, 6.45) is 6.83. The summed E-state index contributed by atoms with van der Waals surface area (Å²) in [5.41, 5.74) is 3.32. The number of carbonyl (C=O) groups is 1. The minimum absolute atomic E-state index is 0.224. The normalized spacial score (nSPS) is 10.6. The molecule has 2 aromatic heterocycles. The molecule has 3 aromatic rings. The first-order valence-electron chi connectivity index (χ1n) is 7.74. The SMILES string of the molecule is Cc1cnc(C(=O)NCc2cccc(Cn3ccnc3C)c2)cn1. The lowest BCUT2D eigenvalue weighted by molar-refractivity contribution is 0.0945. The smallest absolute Gasteiger partial charge is 0.271 e. The molecule has 2 heterocycles. The van der Waals surface area contributed by atoms with Crippen LogP contribution in [0.15, 0.2) is 49.1 Å². The van der Waals surface area contributed by atoms with E-state index in [0.717, 1.165) is 29.2 Å². The minimum atomic E-state index is -0.224. The zero-order chi connectivity index (χ0) is 16.9. The summed E-state index contributed by atoms with van der Waals surface area (Å²) < 4.78 is 2.08. The van der Waals surface area contributed by atoms with Gasteiger partial charge < -0.3 is 9.88 Å². The van der Waals surface area contributed by atoms with Gasteiger partial charge in [-0.3, -0.25) is 9.78 Å². The van der Waals surface area contributed by atoms with Crippen molar-refractivity contribution in [1.82, 2.24) is 24.8 Å². The summed E-state index contributed by atoms with van der Waals surface area (Å²) in [7, 11) is 0. The van der Waals surface area contributed by atoms with Crippen LogP contribution in [0, 0.1) is 13.8 Å². The quantitative estimate of drug-likeness (QED) is 0.782. The number of nitrogens with zero attached hydrogens (tertiary/aromatic N) is 4. The molecular formula is C18H19N5O. The predicted octanol–water partition coefficient (Wildman–Crippen LogP) is 2.27. The summed E-state index contributed by atoms with van der Waals surface area (Å²) in [4.78, 5) is 24.5. The van der Waals surface area contributed by atoms with Crippen LogP contribution in [-0.4, -0.2) is 25.4 Å². The second-order valence-corrected chi connectivity index (χ2v) is 5.65. The lowest BCUT2D eigenvalue weighted by Gasteiger charge is -2.09. The summed E-state index contributed by atoms with van der Waals surface area (Å²) in [6, 6.07) is 8.14. The van der Waals surface area contributed by atoms with Crippen molar-refractivity contribution in [3.63, 3.8) is 0 Å². The highest BCUT2D eigenvalue weighted by atomic mass is 16.1. The van der Waals surface area contributed by atoms with E-state index in [2.05, 4.69) is 37.0 Å². The van der Waals surface area contributed by atoms with Gasteiger partial charge in [0.2, 0.25) is 0 Å². The molecule has 122 valence electrons. The molecule has 0 saturated heterocycles. The molecule has 24 heavy (non-hydrogen) atoms. The van der Waals surface area contributed by atoms with Crippen LogP contribution in [-0.2, 0) is 13.1 Å². The Balaban J connectivity index is 1.63. The lowest BCUT2D eigenvalue weighted by atomic mass is 10.1. The fourth-order valence-electron chi connectivity index (χ4n) is 2.39. The lowest BCUT2D eigenvalue weighted by Crippen LogP contribution is -2.24. The van der Waals surface area contributed by atoms with Crippen molar-refractivity contribution < 1.29 is 4.79 Å². The average molecular weight is 321 g/mol. The van der Waals surface area contributed by atoms with E-state index in [9.17, 15) is 4.79 Å². The van der Waals surface area contributed by atoms with Gasteiger partial charge in [0.05, 0.1) is 11.9 Å². The van der Waals surface area contributed by atoms with Crippen LogP contribution in [0.2, 0.25) is 0 Å². The van der Waals surface area contributed by atoms with Crippen molar-refractivity contribution in [2.45, 2.75) is 26.9 Å². The molecule has 0 unspecified atom stereocenters. The first-order chi connectivity index (χ1) is 11.6. The fraction of sp³-hybridized carbons (Fsp3) is 0.222. The van der Waals surface area contributed by atoms with Crippen LogP contribution in [0.1, 0.15) is 33.1 Å². The number of benzene rings is 1. The Morgan fingerprint density at radius 3 is 2.67 bits per heavy atom. The molecule has 0 saturated carbocycles. The minimum Gasteiger partial charge on any atom is -0.347 e. The number of nitrogens with one attached hydrogen (secondary N) is 1. The number of carbonyl (C=O) groups excluding carboxylic acids is 1. The first kappa shape index (κ1) is 15.9. The number of aromatic nitrogens is 4. The van der Waals surface area contributed by atoms with Crippen molar-refractivity contribution in [1.29, 1.82) is 0 Å². The van der Waals surface area contributed by atoms with E-state index < -0.39 is 0 Å². The topological polar surface area (TPSA) is 72.7 Å². The van der Waals surface area contributed by atoms with Gasteiger partial charge in [0, 0.05) is 31.7 Å². The molecule has 1 amide bonds. The van der Waals surface area contributed by atoms with Crippen molar-refractivity contribution in [2.75, 3.05) is 0 Å². The number of aryl methyl sites for hydroxylation is 2. The zero-order valence-electron chi connectivity index (χ0n) is 13.7. The summed E-state index contributed by atoms with van der Waals surface area (Å²) in [5.74, 6) is 0.755. The molecule has 0 aliphatic rings. The summed E-state index contributed by atoms with van der Waals surface area (Å²) in [5, 5.41) is 2.87. The number of imidazole rings is 1. The molecule has 0 atom stereocenters. The van der Waals surface area contributed by atoms with E-state index in [1.165, 1.54) is 6.20 Å². The highest BCUT2D eigenvalue weighted by Gasteiger charge is 2.07. The number of hydrogen-bond acceptors (Lipinski definition) is 4. The van der Waals surface area contributed by atoms with Gasteiger partial charge in [0.1, 0.15) is 11.5 Å². The molecule has 0 aliphatic heterocycles. The Morgan fingerprint density at radius 2 is 1.96 bits per heavy atom. The Morgan fingerprint density at radius 1 is 1.12 bits per heavy atom. The number of amides is 1. The zero-order valence-corrected chi connectivity index (χ0v) is 13.7. The van der Waals surface area contributed by atoms with Crippen LogP contribution >= 0.6 is 0 Å². The van der Waals surface area contributed by atoms with E-state index in [4.69, 9.17) is 0 Å². The fourth-order valence-corrected chi connectivity index (χ4v) is 2.39. The molecular weight excluding hydrogens is 302 g/mol. The molecule has 6 nitrogen and oxygen atoms in total. The van der Waals surface area contributed by atoms with Crippen LogP contribution in [0.3, 0.4) is 0 Å². The molecule has 0 fully saturated rings. The van der Waals surface area contributed by atoms with Gasteiger partial charge in [-0.15, -0.1) is 0 Å². The van der Waals surface area contributed by atoms with Crippen molar-refractivity contribution in [2.24, 2.45) is 0 Å². The maximum Gasteiger partial charge on any atom is 0.271 e. The van der Waals surface area contributed by atoms with Gasteiger partial charge in [-0.25, -0.2) is 9.97 Å². The Labute approximate surface area is 140 Å². The molecule has 0 bridgehead atoms. The molecule has 0 spiro atoms. The third kappa shape index (κ3) is 3.84. The maximum absolute atomic E-state index is 12.1. The van der Waals surface area contributed by atoms with Crippen molar-refractivity contribution >= 4 is 5.91 Å². The molecule has 0 aliphatic carbocycles. The van der Waals surface area contributed by atoms with Gasteiger partial charge in [-0.1, -0.05) is 24.3 Å².